The van der Waals surface area contributed by atoms with Crippen LogP contribution in [-0.4, -0.2) is 18.0 Å². The van der Waals surface area contributed by atoms with E-state index in [1.54, 1.807) is 18.2 Å². The lowest BCUT2D eigenvalue weighted by Crippen LogP contribution is -2.15. The monoisotopic (exact) mass is 336 g/mol. The zero-order valence-corrected chi connectivity index (χ0v) is 15.4. The molecule has 0 bridgehead atoms. The first-order chi connectivity index (χ1) is 11.2. The molecular weight excluding hydrogens is 308 g/mol. The first-order valence-electron chi connectivity index (χ1n) is 8.39. The summed E-state index contributed by atoms with van der Waals surface area (Å²) >= 11 is 0. The Hall–Kier alpha value is -2.04. The van der Waals surface area contributed by atoms with Gasteiger partial charge in [0.2, 0.25) is 0 Å². The van der Waals surface area contributed by atoms with Crippen molar-refractivity contribution in [2.24, 2.45) is 11.8 Å². The lowest BCUT2D eigenvalue weighted by atomic mass is 10.1. The number of benzene rings is 1. The average molecular weight is 336 g/mol. The Morgan fingerprint density at radius 3 is 1.79 bits per heavy atom. The molecule has 5 nitrogen and oxygen atoms in total. The molecule has 1 aromatic rings. The largest absolute Gasteiger partial charge is 0.491 e. The fraction of sp³-hybridized carbons (Fsp3) is 0.579. The van der Waals surface area contributed by atoms with Gasteiger partial charge in [-0.3, -0.25) is 9.59 Å². The minimum absolute atomic E-state index is 0.0152. The van der Waals surface area contributed by atoms with Crippen LogP contribution in [0.1, 0.15) is 54.4 Å². The number of rotatable bonds is 8. The van der Waals surface area contributed by atoms with Crippen LogP contribution in [0.5, 0.6) is 17.2 Å². The van der Waals surface area contributed by atoms with E-state index >= 15 is 0 Å². The minimum atomic E-state index is -0.368. The summed E-state index contributed by atoms with van der Waals surface area (Å²) in [5, 5.41) is 0. The molecule has 0 saturated heterocycles. The highest BCUT2D eigenvalue weighted by molar-refractivity contribution is 5.76. The van der Waals surface area contributed by atoms with Crippen molar-refractivity contribution in [2.45, 2.75) is 60.5 Å². The molecule has 5 heteroatoms. The Morgan fingerprint density at radius 2 is 1.33 bits per heavy atom. The van der Waals surface area contributed by atoms with E-state index in [9.17, 15) is 9.59 Å². The summed E-state index contributed by atoms with van der Waals surface area (Å²) in [6, 6.07) is 4.86. The molecule has 0 saturated carbocycles. The Bertz CT molecular complexity index is 561. The second-order valence-corrected chi connectivity index (χ2v) is 6.92. The number of hydrogen-bond donors (Lipinski definition) is 0. The van der Waals surface area contributed by atoms with E-state index in [0.29, 0.717) is 12.2 Å². The molecule has 0 radical (unpaired) electrons. The maximum Gasteiger partial charge on any atom is 0.311 e. The number of carbonyl (C=O) groups excluding carboxylic acids is 2. The zero-order valence-electron chi connectivity index (χ0n) is 15.4. The quantitative estimate of drug-likeness (QED) is 0.521. The van der Waals surface area contributed by atoms with Gasteiger partial charge in [-0.25, -0.2) is 0 Å². The van der Waals surface area contributed by atoms with E-state index in [0.717, 1.165) is 0 Å². The summed E-state index contributed by atoms with van der Waals surface area (Å²) < 4.78 is 16.3. The van der Waals surface area contributed by atoms with Gasteiger partial charge in [-0.2, -0.15) is 0 Å². The van der Waals surface area contributed by atoms with E-state index < -0.39 is 0 Å². The van der Waals surface area contributed by atoms with Crippen molar-refractivity contribution in [3.05, 3.63) is 18.2 Å². The van der Waals surface area contributed by atoms with Gasteiger partial charge in [-0.1, -0.05) is 27.7 Å². The molecular formula is C19H28O5. The predicted molar refractivity (Wildman–Crippen MR) is 92.4 cm³/mol. The molecule has 0 amide bonds. The first kappa shape index (κ1) is 20.0. The maximum absolute atomic E-state index is 12.0. The fourth-order valence-corrected chi connectivity index (χ4v) is 1.99. The van der Waals surface area contributed by atoms with Gasteiger partial charge in [0.1, 0.15) is 5.75 Å². The second-order valence-electron chi connectivity index (χ2n) is 6.92. The van der Waals surface area contributed by atoms with Crippen molar-refractivity contribution < 1.29 is 23.8 Å². The Balaban J connectivity index is 2.98. The highest BCUT2D eigenvalue weighted by Crippen LogP contribution is 2.33. The van der Waals surface area contributed by atoms with Crippen LogP contribution in [0.4, 0.5) is 0 Å². The van der Waals surface area contributed by atoms with E-state index in [1.807, 2.05) is 41.5 Å². The molecule has 0 unspecified atom stereocenters. The Kier molecular flexibility index (Phi) is 7.75. The standard InChI is InChI=1S/C19H28O5/c1-12(2)9-18(20)23-16-8-7-15(22-14(5)6)11-17(16)24-19(21)10-13(3)4/h7-8,11-14H,9-10H2,1-6H3. The summed E-state index contributed by atoms with van der Waals surface area (Å²) in [5.41, 5.74) is 0. The molecule has 1 rings (SSSR count). The average Bonchev–Trinajstić information content (AvgIpc) is 2.39. The summed E-state index contributed by atoms with van der Waals surface area (Å²) in [6.45, 7) is 11.5. The number of ether oxygens (including phenoxy) is 3. The van der Waals surface area contributed by atoms with Crippen LogP contribution < -0.4 is 14.2 Å². The molecule has 0 aliphatic rings. The van der Waals surface area contributed by atoms with Gasteiger partial charge in [0.25, 0.3) is 0 Å². The maximum atomic E-state index is 12.0. The van der Waals surface area contributed by atoms with Gasteiger partial charge in [-0.15, -0.1) is 0 Å². The molecule has 1 aromatic carbocycles. The SMILES string of the molecule is CC(C)CC(=O)Oc1ccc(OC(C)C)cc1OC(=O)CC(C)C. The van der Waals surface area contributed by atoms with E-state index in [-0.39, 0.29) is 47.8 Å². The van der Waals surface area contributed by atoms with Gasteiger partial charge >= 0.3 is 11.9 Å². The minimum Gasteiger partial charge on any atom is -0.491 e. The van der Waals surface area contributed by atoms with Crippen molar-refractivity contribution in [1.29, 1.82) is 0 Å². The van der Waals surface area contributed by atoms with Gasteiger partial charge in [0.05, 0.1) is 6.10 Å². The summed E-state index contributed by atoms with van der Waals surface area (Å²) in [6.07, 6.45) is 0.566. The Labute approximate surface area is 144 Å². The summed E-state index contributed by atoms with van der Waals surface area (Å²) in [5.74, 6) is 0.634. The van der Waals surface area contributed by atoms with Crippen molar-refractivity contribution in [2.75, 3.05) is 0 Å². The van der Waals surface area contributed by atoms with Crippen molar-refractivity contribution in [1.82, 2.24) is 0 Å². The molecule has 0 spiro atoms. The third-order valence-electron chi connectivity index (χ3n) is 2.88. The summed E-state index contributed by atoms with van der Waals surface area (Å²) in [7, 11) is 0. The van der Waals surface area contributed by atoms with Crippen LogP contribution in [0.2, 0.25) is 0 Å². The van der Waals surface area contributed by atoms with E-state index in [2.05, 4.69) is 0 Å². The first-order valence-corrected chi connectivity index (χ1v) is 8.39. The molecule has 0 heterocycles. The number of hydrogen-bond acceptors (Lipinski definition) is 5. The van der Waals surface area contributed by atoms with Crippen molar-refractivity contribution in [3.63, 3.8) is 0 Å². The lowest BCUT2D eigenvalue weighted by Gasteiger charge is -2.15. The van der Waals surface area contributed by atoms with Gasteiger partial charge in [-0.05, 0) is 37.8 Å². The van der Waals surface area contributed by atoms with Crippen LogP contribution in [0.15, 0.2) is 18.2 Å². The number of carbonyl (C=O) groups is 2. The highest BCUT2D eigenvalue weighted by Gasteiger charge is 2.17. The third-order valence-corrected chi connectivity index (χ3v) is 2.88. The Morgan fingerprint density at radius 1 is 0.833 bits per heavy atom. The van der Waals surface area contributed by atoms with Crippen LogP contribution in [0.25, 0.3) is 0 Å². The predicted octanol–water partition coefficient (Wildman–Crippen LogP) is 4.38. The normalized spacial score (nSPS) is 11.0. The molecule has 0 N–H and O–H groups in total. The topological polar surface area (TPSA) is 61.8 Å². The van der Waals surface area contributed by atoms with Crippen molar-refractivity contribution in [3.8, 4) is 17.2 Å². The molecule has 0 aliphatic heterocycles. The fourth-order valence-electron chi connectivity index (χ4n) is 1.99. The molecule has 24 heavy (non-hydrogen) atoms. The highest BCUT2D eigenvalue weighted by atomic mass is 16.6. The van der Waals surface area contributed by atoms with Crippen molar-refractivity contribution >= 4 is 11.9 Å². The van der Waals surface area contributed by atoms with Gasteiger partial charge in [0.15, 0.2) is 11.5 Å². The van der Waals surface area contributed by atoms with E-state index in [4.69, 9.17) is 14.2 Å². The molecule has 0 fully saturated rings. The van der Waals surface area contributed by atoms with Crippen LogP contribution in [0, 0.1) is 11.8 Å². The third kappa shape index (κ3) is 7.49. The van der Waals surface area contributed by atoms with Crippen LogP contribution in [0.3, 0.4) is 0 Å². The smallest absolute Gasteiger partial charge is 0.311 e. The molecule has 0 aliphatic carbocycles. The zero-order chi connectivity index (χ0) is 18.3. The lowest BCUT2D eigenvalue weighted by molar-refractivity contribution is -0.138. The van der Waals surface area contributed by atoms with Crippen LogP contribution in [-0.2, 0) is 9.59 Å². The number of esters is 2. The van der Waals surface area contributed by atoms with Gasteiger partial charge in [0, 0.05) is 18.9 Å². The molecule has 0 aromatic heterocycles. The van der Waals surface area contributed by atoms with Gasteiger partial charge < -0.3 is 14.2 Å². The second kappa shape index (κ2) is 9.30. The molecule has 134 valence electrons. The summed E-state index contributed by atoms with van der Waals surface area (Å²) in [4.78, 5) is 23.9. The molecule has 0 atom stereocenters. The van der Waals surface area contributed by atoms with Crippen LogP contribution >= 0.6 is 0 Å². The van der Waals surface area contributed by atoms with E-state index in [1.165, 1.54) is 0 Å².